The maximum atomic E-state index is 12.0. The van der Waals surface area contributed by atoms with E-state index in [1.54, 1.807) is 0 Å². The molecule has 1 aromatic rings. The van der Waals surface area contributed by atoms with Gasteiger partial charge in [0.05, 0.1) is 6.04 Å². The van der Waals surface area contributed by atoms with Crippen LogP contribution in [0, 0.1) is 0 Å². The minimum absolute atomic E-state index is 0. The van der Waals surface area contributed by atoms with Gasteiger partial charge in [-0.3, -0.25) is 4.79 Å². The van der Waals surface area contributed by atoms with Gasteiger partial charge in [0, 0.05) is 25.3 Å². The van der Waals surface area contributed by atoms with E-state index in [9.17, 15) is 4.79 Å². The van der Waals surface area contributed by atoms with Gasteiger partial charge in [0.15, 0.2) is 0 Å². The fraction of sp³-hybridized carbons (Fsp3) is 0.588. The number of halogens is 2. The second-order valence-corrected chi connectivity index (χ2v) is 5.56. The molecule has 0 aromatic heterocycles. The average molecular weight is 362 g/mol. The average Bonchev–Trinajstić information content (AvgIpc) is 2.56. The molecule has 2 rings (SSSR count). The number of nitrogens with zero attached hydrogens (tertiary/aromatic N) is 1. The van der Waals surface area contributed by atoms with Crippen LogP contribution in [0.1, 0.15) is 32.6 Å². The number of piperidine rings is 1. The Morgan fingerprint density at radius 3 is 2.61 bits per heavy atom. The smallest absolute Gasteiger partial charge is 0.237 e. The predicted octanol–water partition coefficient (Wildman–Crippen LogP) is 3.00. The number of hydrogen-bond donors (Lipinski definition) is 2. The zero-order valence-corrected chi connectivity index (χ0v) is 15.4. The van der Waals surface area contributed by atoms with Crippen molar-refractivity contribution in [2.45, 2.75) is 38.6 Å². The van der Waals surface area contributed by atoms with Gasteiger partial charge in [-0.1, -0.05) is 24.6 Å². The summed E-state index contributed by atoms with van der Waals surface area (Å²) in [4.78, 5) is 14.3. The Balaban J connectivity index is 0.00000242. The molecular formula is C17H29Cl2N3O. The molecule has 132 valence electrons. The number of hydrogen-bond acceptors (Lipinski definition) is 3. The number of carbonyl (C=O) groups is 1. The first kappa shape index (κ1) is 22.0. The third-order valence-corrected chi connectivity index (χ3v) is 4.03. The van der Waals surface area contributed by atoms with Crippen molar-refractivity contribution in [3.8, 4) is 0 Å². The normalized spacial score (nSPS) is 16.7. The van der Waals surface area contributed by atoms with Crippen molar-refractivity contribution in [1.29, 1.82) is 0 Å². The first-order valence-corrected chi connectivity index (χ1v) is 8.12. The summed E-state index contributed by atoms with van der Waals surface area (Å²) in [5.74, 6) is 0.164. The zero-order chi connectivity index (χ0) is 14.9. The Morgan fingerprint density at radius 2 is 2.00 bits per heavy atom. The molecule has 6 heteroatoms. The second kappa shape index (κ2) is 12.5. The maximum absolute atomic E-state index is 12.0. The predicted molar refractivity (Wildman–Crippen MR) is 102 cm³/mol. The van der Waals surface area contributed by atoms with Gasteiger partial charge < -0.3 is 15.5 Å². The van der Waals surface area contributed by atoms with Gasteiger partial charge in [-0.15, -0.1) is 24.8 Å². The summed E-state index contributed by atoms with van der Waals surface area (Å²) < 4.78 is 0. The van der Waals surface area contributed by atoms with Crippen LogP contribution in [0.4, 0.5) is 5.69 Å². The van der Waals surface area contributed by atoms with Crippen molar-refractivity contribution in [1.82, 2.24) is 10.6 Å². The lowest BCUT2D eigenvalue weighted by Gasteiger charge is -2.24. The molecular weight excluding hydrogens is 333 g/mol. The summed E-state index contributed by atoms with van der Waals surface area (Å²) in [5.41, 5.74) is 1.25. The number of nitrogens with one attached hydrogen (secondary N) is 2. The number of benzene rings is 1. The quantitative estimate of drug-likeness (QED) is 0.733. The molecule has 1 aliphatic rings. The first-order chi connectivity index (χ1) is 10.3. The lowest BCUT2D eigenvalue weighted by atomic mass is 10.0. The molecule has 1 unspecified atom stereocenters. The lowest BCUT2D eigenvalue weighted by molar-refractivity contribution is -0.123. The summed E-state index contributed by atoms with van der Waals surface area (Å²) in [5, 5.41) is 6.34. The van der Waals surface area contributed by atoms with Gasteiger partial charge in [0.25, 0.3) is 0 Å². The third-order valence-electron chi connectivity index (χ3n) is 4.03. The number of para-hydroxylation sites is 1. The highest BCUT2D eigenvalue weighted by Gasteiger charge is 2.19. The van der Waals surface area contributed by atoms with Gasteiger partial charge in [-0.25, -0.2) is 0 Å². The Labute approximate surface area is 152 Å². The van der Waals surface area contributed by atoms with Crippen LogP contribution in [-0.4, -0.2) is 38.1 Å². The van der Waals surface area contributed by atoms with Crippen LogP contribution in [0.2, 0.25) is 0 Å². The van der Waals surface area contributed by atoms with E-state index in [-0.39, 0.29) is 36.8 Å². The van der Waals surface area contributed by atoms with E-state index in [2.05, 4.69) is 46.7 Å². The molecule has 23 heavy (non-hydrogen) atoms. The van der Waals surface area contributed by atoms with Gasteiger partial charge in [0.2, 0.25) is 5.91 Å². The summed E-state index contributed by atoms with van der Waals surface area (Å²) in [6.45, 7) is 5.84. The highest BCUT2D eigenvalue weighted by atomic mass is 35.5. The Bertz CT molecular complexity index is 425. The van der Waals surface area contributed by atoms with Crippen LogP contribution in [0.3, 0.4) is 0 Å². The molecule has 0 aliphatic carbocycles. The molecule has 1 atom stereocenters. The van der Waals surface area contributed by atoms with E-state index in [1.165, 1.54) is 12.1 Å². The molecule has 1 aromatic carbocycles. The van der Waals surface area contributed by atoms with E-state index in [4.69, 9.17) is 0 Å². The summed E-state index contributed by atoms with van der Waals surface area (Å²) in [6.07, 6.45) is 4.28. The van der Waals surface area contributed by atoms with E-state index >= 15 is 0 Å². The van der Waals surface area contributed by atoms with Gasteiger partial charge in [-0.2, -0.15) is 0 Å². The third kappa shape index (κ3) is 7.42. The topological polar surface area (TPSA) is 44.4 Å². The molecule has 4 nitrogen and oxygen atoms in total. The minimum atomic E-state index is 0. The first-order valence-electron chi connectivity index (χ1n) is 8.12. The molecule has 1 fully saturated rings. The number of amides is 1. The van der Waals surface area contributed by atoms with Crippen LogP contribution < -0.4 is 15.5 Å². The molecule has 2 N–H and O–H groups in total. The Kier molecular flexibility index (Phi) is 11.9. The van der Waals surface area contributed by atoms with E-state index in [0.717, 1.165) is 45.4 Å². The SMILES string of the molecule is CCN(CCCNC(=O)C1CCCCN1)c1ccccc1.Cl.Cl. The van der Waals surface area contributed by atoms with Gasteiger partial charge in [-0.05, 0) is 44.9 Å². The molecule has 0 bridgehead atoms. The van der Waals surface area contributed by atoms with Crippen LogP contribution >= 0.6 is 24.8 Å². The van der Waals surface area contributed by atoms with Gasteiger partial charge in [0.1, 0.15) is 0 Å². The summed E-state index contributed by atoms with van der Waals surface area (Å²) >= 11 is 0. The number of anilines is 1. The fourth-order valence-electron chi connectivity index (χ4n) is 2.79. The summed E-state index contributed by atoms with van der Waals surface area (Å²) in [6, 6.07) is 10.5. The second-order valence-electron chi connectivity index (χ2n) is 5.56. The van der Waals surface area contributed by atoms with Crippen molar-refractivity contribution in [3.05, 3.63) is 30.3 Å². The van der Waals surface area contributed by atoms with Crippen LogP contribution in [0.15, 0.2) is 30.3 Å². The standard InChI is InChI=1S/C17H27N3O.2ClH/c1-2-20(15-9-4-3-5-10-15)14-8-13-19-17(21)16-11-6-7-12-18-16;;/h3-5,9-10,16,18H,2,6-8,11-14H2,1H3,(H,19,21);2*1H. The van der Waals surface area contributed by atoms with Crippen LogP contribution in [0.5, 0.6) is 0 Å². The molecule has 0 saturated carbocycles. The molecule has 1 heterocycles. The van der Waals surface area contributed by atoms with E-state index < -0.39 is 0 Å². The van der Waals surface area contributed by atoms with E-state index in [0.29, 0.717) is 0 Å². The molecule has 1 saturated heterocycles. The highest BCUT2D eigenvalue weighted by Crippen LogP contribution is 2.12. The van der Waals surface area contributed by atoms with Crippen molar-refractivity contribution in [2.75, 3.05) is 31.1 Å². The highest BCUT2D eigenvalue weighted by molar-refractivity contribution is 5.85. The van der Waals surface area contributed by atoms with Gasteiger partial charge >= 0.3 is 0 Å². The van der Waals surface area contributed by atoms with Crippen molar-refractivity contribution < 1.29 is 4.79 Å². The molecule has 1 aliphatic heterocycles. The minimum Gasteiger partial charge on any atom is -0.372 e. The number of carbonyl (C=O) groups excluding carboxylic acids is 1. The van der Waals surface area contributed by atoms with Crippen molar-refractivity contribution >= 4 is 36.4 Å². The largest absolute Gasteiger partial charge is 0.372 e. The fourth-order valence-corrected chi connectivity index (χ4v) is 2.79. The molecule has 0 radical (unpaired) electrons. The van der Waals surface area contributed by atoms with E-state index in [1.807, 2.05) is 6.07 Å². The van der Waals surface area contributed by atoms with Crippen molar-refractivity contribution in [2.24, 2.45) is 0 Å². The van der Waals surface area contributed by atoms with Crippen LogP contribution in [0.25, 0.3) is 0 Å². The Morgan fingerprint density at radius 1 is 1.26 bits per heavy atom. The molecule has 1 amide bonds. The number of rotatable bonds is 7. The van der Waals surface area contributed by atoms with Crippen LogP contribution in [-0.2, 0) is 4.79 Å². The maximum Gasteiger partial charge on any atom is 0.237 e. The zero-order valence-electron chi connectivity index (χ0n) is 13.8. The molecule has 0 spiro atoms. The van der Waals surface area contributed by atoms with Crippen molar-refractivity contribution in [3.63, 3.8) is 0 Å². The Hall–Kier alpha value is -0.970. The monoisotopic (exact) mass is 361 g/mol. The lowest BCUT2D eigenvalue weighted by Crippen LogP contribution is -2.47. The summed E-state index contributed by atoms with van der Waals surface area (Å²) in [7, 11) is 0.